The van der Waals surface area contributed by atoms with Crippen molar-refractivity contribution in [3.8, 4) is 17.1 Å². The Morgan fingerprint density at radius 1 is 1.23 bits per heavy atom. The van der Waals surface area contributed by atoms with Crippen LogP contribution in [0, 0.1) is 0 Å². The van der Waals surface area contributed by atoms with Crippen LogP contribution in [0.15, 0.2) is 23.6 Å². The molecule has 2 heterocycles. The van der Waals surface area contributed by atoms with Gasteiger partial charge in [0, 0.05) is 16.9 Å². The van der Waals surface area contributed by atoms with E-state index in [0.29, 0.717) is 18.3 Å². The summed E-state index contributed by atoms with van der Waals surface area (Å²) in [5.41, 5.74) is 3.31. The summed E-state index contributed by atoms with van der Waals surface area (Å²) in [6.07, 6.45) is 2.92. The fourth-order valence-corrected chi connectivity index (χ4v) is 3.64. The summed E-state index contributed by atoms with van der Waals surface area (Å²) in [7, 11) is 1.71. The summed E-state index contributed by atoms with van der Waals surface area (Å²) in [5.74, 6) is 2.05. The minimum absolute atomic E-state index is 0.495. The molecule has 0 unspecified atom stereocenters. The van der Waals surface area contributed by atoms with Crippen molar-refractivity contribution < 1.29 is 4.74 Å². The Morgan fingerprint density at radius 3 is 2.73 bits per heavy atom. The summed E-state index contributed by atoms with van der Waals surface area (Å²) in [4.78, 5) is 6.31. The molecule has 2 aromatic heterocycles. The molecule has 0 amide bonds. The summed E-state index contributed by atoms with van der Waals surface area (Å²) in [6, 6.07) is 6.07. The Labute approximate surface area is 158 Å². The maximum atomic E-state index is 5.53. The van der Waals surface area contributed by atoms with Gasteiger partial charge >= 0.3 is 0 Å². The standard InChI is InChI=1S/C19H25N5OS/c1-5-24-22-18(21-23-24)15-9-10-17(25-4)14(11-15)7-6-8-16-12-26-19(20-16)13(2)3/h9-13H,5-8H2,1-4H3. The first-order chi connectivity index (χ1) is 12.6. The first-order valence-corrected chi connectivity index (χ1v) is 9.88. The van der Waals surface area contributed by atoms with Crippen molar-refractivity contribution in [3.63, 3.8) is 0 Å². The molecule has 6 nitrogen and oxygen atoms in total. The first-order valence-electron chi connectivity index (χ1n) is 9.00. The minimum Gasteiger partial charge on any atom is -0.496 e. The molecule has 0 fully saturated rings. The summed E-state index contributed by atoms with van der Waals surface area (Å²) < 4.78 is 5.53. The van der Waals surface area contributed by atoms with Gasteiger partial charge in [-0.2, -0.15) is 4.80 Å². The van der Waals surface area contributed by atoms with Crippen LogP contribution in [-0.4, -0.2) is 32.3 Å². The second kappa shape index (κ2) is 8.40. The van der Waals surface area contributed by atoms with Gasteiger partial charge in [-0.15, -0.1) is 21.5 Å². The third-order valence-electron chi connectivity index (χ3n) is 4.22. The van der Waals surface area contributed by atoms with Crippen molar-refractivity contribution in [1.82, 2.24) is 25.2 Å². The topological polar surface area (TPSA) is 65.7 Å². The van der Waals surface area contributed by atoms with Crippen LogP contribution in [0.2, 0.25) is 0 Å². The fraction of sp³-hybridized carbons (Fsp3) is 0.474. The monoisotopic (exact) mass is 371 g/mol. The third kappa shape index (κ3) is 4.27. The molecule has 0 radical (unpaired) electrons. The van der Waals surface area contributed by atoms with E-state index in [9.17, 15) is 0 Å². The van der Waals surface area contributed by atoms with Gasteiger partial charge in [0.1, 0.15) is 5.75 Å². The molecule has 0 N–H and O–H groups in total. The molecule has 0 aliphatic rings. The van der Waals surface area contributed by atoms with E-state index in [-0.39, 0.29) is 0 Å². The van der Waals surface area contributed by atoms with E-state index in [4.69, 9.17) is 9.72 Å². The molecule has 0 atom stereocenters. The molecule has 0 aliphatic carbocycles. The number of benzene rings is 1. The van der Waals surface area contributed by atoms with Crippen molar-refractivity contribution in [2.75, 3.05) is 7.11 Å². The number of hydrogen-bond donors (Lipinski definition) is 0. The number of rotatable bonds is 8. The molecule has 3 rings (SSSR count). The van der Waals surface area contributed by atoms with Crippen molar-refractivity contribution in [1.29, 1.82) is 0 Å². The van der Waals surface area contributed by atoms with Crippen LogP contribution in [0.1, 0.15) is 49.4 Å². The lowest BCUT2D eigenvalue weighted by Gasteiger charge is -2.09. The van der Waals surface area contributed by atoms with Gasteiger partial charge in [-0.25, -0.2) is 4.98 Å². The lowest BCUT2D eigenvalue weighted by molar-refractivity contribution is 0.409. The molecule has 0 bridgehead atoms. The highest BCUT2D eigenvalue weighted by Gasteiger charge is 2.11. The lowest BCUT2D eigenvalue weighted by atomic mass is 10.0. The van der Waals surface area contributed by atoms with Gasteiger partial charge in [0.05, 0.1) is 24.4 Å². The lowest BCUT2D eigenvalue weighted by Crippen LogP contribution is -1.98. The predicted octanol–water partition coefficient (Wildman–Crippen LogP) is 4.12. The Balaban J connectivity index is 1.70. The van der Waals surface area contributed by atoms with E-state index < -0.39 is 0 Å². The smallest absolute Gasteiger partial charge is 0.204 e. The number of nitrogens with zero attached hydrogens (tertiary/aromatic N) is 5. The number of tetrazole rings is 1. The Hall–Kier alpha value is -2.28. The van der Waals surface area contributed by atoms with Gasteiger partial charge in [-0.3, -0.25) is 0 Å². The normalized spacial score (nSPS) is 11.3. The van der Waals surface area contributed by atoms with Crippen LogP contribution in [0.5, 0.6) is 5.75 Å². The maximum absolute atomic E-state index is 5.53. The van der Waals surface area contributed by atoms with E-state index >= 15 is 0 Å². The maximum Gasteiger partial charge on any atom is 0.204 e. The quantitative estimate of drug-likeness (QED) is 0.596. The Kier molecular flexibility index (Phi) is 5.98. The third-order valence-corrected chi connectivity index (χ3v) is 5.41. The van der Waals surface area contributed by atoms with Crippen molar-refractivity contribution in [2.45, 2.75) is 52.5 Å². The summed E-state index contributed by atoms with van der Waals surface area (Å²) in [6.45, 7) is 7.07. The number of aromatic nitrogens is 5. The molecule has 0 saturated carbocycles. The van der Waals surface area contributed by atoms with Gasteiger partial charge < -0.3 is 4.74 Å². The number of hydrogen-bond acceptors (Lipinski definition) is 6. The van der Waals surface area contributed by atoms with Crippen LogP contribution in [0.4, 0.5) is 0 Å². The Bertz CT molecular complexity index is 855. The highest BCUT2D eigenvalue weighted by molar-refractivity contribution is 7.09. The largest absolute Gasteiger partial charge is 0.496 e. The van der Waals surface area contributed by atoms with Gasteiger partial charge in [0.15, 0.2) is 0 Å². The van der Waals surface area contributed by atoms with Crippen molar-refractivity contribution in [3.05, 3.63) is 39.8 Å². The van der Waals surface area contributed by atoms with Crippen LogP contribution < -0.4 is 4.74 Å². The average Bonchev–Trinajstić information content (AvgIpc) is 3.31. The molecular formula is C19H25N5OS. The SMILES string of the molecule is CCn1nnc(-c2ccc(OC)c(CCCc3csc(C(C)C)n3)c2)n1. The van der Waals surface area contributed by atoms with E-state index in [2.05, 4.69) is 40.7 Å². The highest BCUT2D eigenvalue weighted by atomic mass is 32.1. The zero-order valence-corrected chi connectivity index (χ0v) is 16.6. The molecule has 7 heteroatoms. The van der Waals surface area contributed by atoms with E-state index in [1.54, 1.807) is 23.2 Å². The van der Waals surface area contributed by atoms with Crippen molar-refractivity contribution in [2.24, 2.45) is 0 Å². The molecule has 0 spiro atoms. The van der Waals surface area contributed by atoms with E-state index in [0.717, 1.165) is 36.1 Å². The molecular weight excluding hydrogens is 346 g/mol. The second-order valence-electron chi connectivity index (χ2n) is 6.51. The molecule has 26 heavy (non-hydrogen) atoms. The molecule has 0 aliphatic heterocycles. The van der Waals surface area contributed by atoms with Crippen LogP contribution in [-0.2, 0) is 19.4 Å². The molecule has 1 aromatic carbocycles. The van der Waals surface area contributed by atoms with Gasteiger partial charge in [0.25, 0.3) is 0 Å². The van der Waals surface area contributed by atoms with Crippen molar-refractivity contribution >= 4 is 11.3 Å². The van der Waals surface area contributed by atoms with Crippen LogP contribution in [0.25, 0.3) is 11.4 Å². The number of aryl methyl sites for hydroxylation is 3. The van der Waals surface area contributed by atoms with Crippen LogP contribution in [0.3, 0.4) is 0 Å². The molecule has 0 saturated heterocycles. The van der Waals surface area contributed by atoms with Gasteiger partial charge in [0.2, 0.25) is 5.82 Å². The zero-order valence-electron chi connectivity index (χ0n) is 15.8. The second-order valence-corrected chi connectivity index (χ2v) is 7.40. The minimum atomic E-state index is 0.495. The number of ether oxygens (including phenoxy) is 1. The average molecular weight is 372 g/mol. The molecule has 138 valence electrons. The predicted molar refractivity (Wildman–Crippen MR) is 104 cm³/mol. The first kappa shape index (κ1) is 18.5. The van der Waals surface area contributed by atoms with Gasteiger partial charge in [-0.1, -0.05) is 13.8 Å². The number of thiazole rings is 1. The number of methoxy groups -OCH3 is 1. The van der Waals surface area contributed by atoms with E-state index in [1.807, 2.05) is 19.1 Å². The highest BCUT2D eigenvalue weighted by Crippen LogP contribution is 2.26. The van der Waals surface area contributed by atoms with E-state index in [1.165, 1.54) is 10.7 Å². The van der Waals surface area contributed by atoms with Crippen LogP contribution >= 0.6 is 11.3 Å². The fourth-order valence-electron chi connectivity index (χ4n) is 2.77. The van der Waals surface area contributed by atoms with Gasteiger partial charge in [-0.05, 0) is 55.2 Å². The Morgan fingerprint density at radius 2 is 2.08 bits per heavy atom. The summed E-state index contributed by atoms with van der Waals surface area (Å²) >= 11 is 1.75. The molecule has 3 aromatic rings. The summed E-state index contributed by atoms with van der Waals surface area (Å²) in [5, 5.41) is 15.9. The zero-order chi connectivity index (χ0) is 18.5.